The van der Waals surface area contributed by atoms with E-state index < -0.39 is 58.7 Å². The van der Waals surface area contributed by atoms with Crippen LogP contribution < -0.4 is 10.6 Å². The lowest BCUT2D eigenvalue weighted by Crippen LogP contribution is -2.67. The van der Waals surface area contributed by atoms with Gasteiger partial charge in [0.2, 0.25) is 0 Å². The van der Waals surface area contributed by atoms with Crippen LogP contribution in [0.2, 0.25) is 0 Å². The number of carbonyl (C=O) groups excluding carboxylic acids is 2. The zero-order valence-electron chi connectivity index (χ0n) is 19.6. The molecular formula is C24H24F8N2O2. The molecule has 0 saturated carbocycles. The lowest BCUT2D eigenvalue weighted by molar-refractivity contribution is -0.345. The van der Waals surface area contributed by atoms with Crippen LogP contribution in [0.4, 0.5) is 46.5 Å². The van der Waals surface area contributed by atoms with Crippen molar-refractivity contribution in [1.29, 1.82) is 0 Å². The van der Waals surface area contributed by atoms with Crippen molar-refractivity contribution in [2.75, 3.05) is 10.6 Å². The Morgan fingerprint density at radius 2 is 0.861 bits per heavy atom. The molecule has 0 aliphatic rings. The molecule has 0 spiro atoms. The molecule has 0 aliphatic carbocycles. The molecule has 2 amide bonds. The Hall–Kier alpha value is -3.18. The topological polar surface area (TPSA) is 58.2 Å². The molecule has 0 bridgehead atoms. The van der Waals surface area contributed by atoms with Gasteiger partial charge in [-0.25, -0.2) is 0 Å². The highest BCUT2D eigenvalue weighted by molar-refractivity contribution is 5.99. The number of halogens is 8. The molecule has 4 nitrogen and oxygen atoms in total. The summed E-state index contributed by atoms with van der Waals surface area (Å²) in [5, 5.41) is 2.81. The molecule has 0 aromatic heterocycles. The van der Waals surface area contributed by atoms with Gasteiger partial charge < -0.3 is 10.6 Å². The van der Waals surface area contributed by atoms with Crippen molar-refractivity contribution >= 4 is 23.2 Å². The molecule has 0 unspecified atom stereocenters. The van der Waals surface area contributed by atoms with Crippen LogP contribution in [0.3, 0.4) is 0 Å². The van der Waals surface area contributed by atoms with E-state index in [0.717, 1.165) is 12.1 Å². The van der Waals surface area contributed by atoms with Crippen LogP contribution in [0.1, 0.15) is 50.7 Å². The number of hydrogen-bond donors (Lipinski definition) is 2. The van der Waals surface area contributed by atoms with Crippen LogP contribution in [0.25, 0.3) is 0 Å². The molecule has 0 heterocycles. The van der Waals surface area contributed by atoms with E-state index in [0.29, 0.717) is 0 Å². The van der Waals surface area contributed by atoms with Gasteiger partial charge in [0.15, 0.2) is 0 Å². The quantitative estimate of drug-likeness (QED) is 0.346. The number of para-hydroxylation sites is 2. The Morgan fingerprint density at radius 3 is 1.14 bits per heavy atom. The van der Waals surface area contributed by atoms with Crippen LogP contribution in [0, 0.1) is 0 Å². The second kappa shape index (κ2) is 10.1. The number of hydrogen-bond acceptors (Lipinski definition) is 2. The number of benzene rings is 2. The van der Waals surface area contributed by atoms with Crippen LogP contribution >= 0.6 is 0 Å². The first-order valence-electron chi connectivity index (χ1n) is 10.7. The highest BCUT2D eigenvalue weighted by Gasteiger charge is 2.84. The maximum Gasteiger partial charge on any atom is 0.393 e. The summed E-state index contributed by atoms with van der Waals surface area (Å²) in [6.45, 7) is 6.29. The molecule has 2 aromatic carbocycles. The summed E-state index contributed by atoms with van der Waals surface area (Å²) in [5.74, 6) is -33.3. The van der Waals surface area contributed by atoms with Gasteiger partial charge in [-0.1, -0.05) is 64.1 Å². The number of carbonyl (C=O) groups is 2. The van der Waals surface area contributed by atoms with E-state index in [-0.39, 0.29) is 11.1 Å². The second-order valence-corrected chi connectivity index (χ2v) is 8.69. The monoisotopic (exact) mass is 524 g/mol. The van der Waals surface area contributed by atoms with E-state index in [2.05, 4.69) is 0 Å². The van der Waals surface area contributed by atoms with E-state index in [9.17, 15) is 44.7 Å². The minimum atomic E-state index is -6.96. The molecule has 0 atom stereocenters. The van der Waals surface area contributed by atoms with Gasteiger partial charge in [0.25, 0.3) is 0 Å². The van der Waals surface area contributed by atoms with Gasteiger partial charge in [-0.2, -0.15) is 35.1 Å². The van der Waals surface area contributed by atoms with Crippen molar-refractivity contribution in [3.8, 4) is 0 Å². The third-order valence-corrected chi connectivity index (χ3v) is 5.42. The molecule has 198 valence electrons. The first-order chi connectivity index (χ1) is 16.4. The van der Waals surface area contributed by atoms with E-state index in [1.165, 1.54) is 47.0 Å². The van der Waals surface area contributed by atoms with E-state index >= 15 is 0 Å². The van der Waals surface area contributed by atoms with Crippen molar-refractivity contribution in [3.05, 3.63) is 59.7 Å². The van der Waals surface area contributed by atoms with Gasteiger partial charge in [0, 0.05) is 11.4 Å². The normalized spacial score (nSPS) is 13.2. The third kappa shape index (κ3) is 5.03. The summed E-state index contributed by atoms with van der Waals surface area (Å²) < 4.78 is 115. The summed E-state index contributed by atoms with van der Waals surface area (Å²) in [5.41, 5.74) is -0.396. The largest absolute Gasteiger partial charge is 0.393 e. The molecule has 2 N–H and O–H groups in total. The predicted octanol–water partition coefficient (Wildman–Crippen LogP) is 7.05. The summed E-state index contributed by atoms with van der Waals surface area (Å²) in [4.78, 5) is 24.0. The lowest BCUT2D eigenvalue weighted by atomic mass is 9.96. The molecule has 36 heavy (non-hydrogen) atoms. The number of alkyl halides is 8. The van der Waals surface area contributed by atoms with Crippen LogP contribution in [0.15, 0.2) is 48.5 Å². The van der Waals surface area contributed by atoms with Crippen molar-refractivity contribution in [2.45, 2.75) is 63.2 Å². The Balaban J connectivity index is 2.39. The Bertz CT molecular complexity index is 1030. The summed E-state index contributed by atoms with van der Waals surface area (Å²) >= 11 is 0. The zero-order chi connectivity index (χ0) is 27.7. The summed E-state index contributed by atoms with van der Waals surface area (Å²) in [7, 11) is 0. The van der Waals surface area contributed by atoms with Crippen molar-refractivity contribution < 1.29 is 44.7 Å². The fourth-order valence-electron chi connectivity index (χ4n) is 3.31. The third-order valence-electron chi connectivity index (χ3n) is 5.42. The van der Waals surface area contributed by atoms with E-state index in [1.54, 1.807) is 27.7 Å². The second-order valence-electron chi connectivity index (χ2n) is 8.69. The average Bonchev–Trinajstić information content (AvgIpc) is 2.78. The Morgan fingerprint density at radius 1 is 0.583 bits per heavy atom. The van der Waals surface area contributed by atoms with Gasteiger partial charge >= 0.3 is 35.5 Å². The molecule has 0 radical (unpaired) electrons. The van der Waals surface area contributed by atoms with E-state index in [4.69, 9.17) is 0 Å². The van der Waals surface area contributed by atoms with Gasteiger partial charge in [-0.15, -0.1) is 0 Å². The number of anilines is 2. The lowest BCUT2D eigenvalue weighted by Gasteiger charge is -2.35. The molecular weight excluding hydrogens is 500 g/mol. The van der Waals surface area contributed by atoms with Crippen molar-refractivity contribution in [2.24, 2.45) is 0 Å². The number of nitrogens with one attached hydrogen (secondary N) is 2. The fraction of sp³-hybridized carbons (Fsp3) is 0.417. The van der Waals surface area contributed by atoms with Gasteiger partial charge in [-0.05, 0) is 35.1 Å². The minimum Gasteiger partial charge on any atom is -0.320 e. The SMILES string of the molecule is CC(C)c1ccccc1NC(=O)C(F)(F)C(F)(F)C(F)(F)C(F)(F)C(=O)Nc1ccccc1C(C)C. The van der Waals surface area contributed by atoms with Crippen LogP contribution in [-0.2, 0) is 9.59 Å². The first-order valence-corrected chi connectivity index (χ1v) is 10.7. The predicted molar refractivity (Wildman–Crippen MR) is 118 cm³/mol. The molecule has 0 saturated heterocycles. The van der Waals surface area contributed by atoms with Crippen molar-refractivity contribution in [1.82, 2.24) is 0 Å². The smallest absolute Gasteiger partial charge is 0.320 e. The molecule has 2 rings (SSSR count). The number of amides is 2. The molecule has 0 fully saturated rings. The zero-order valence-corrected chi connectivity index (χ0v) is 19.6. The standard InChI is InChI=1S/C24H24F8N2O2/c1-13(2)15-9-5-7-11-17(15)33-19(35)21(25,26)23(29,30)24(31,32)22(27,28)20(36)34-18-12-8-6-10-16(18)14(3)4/h5-14H,1-4H3,(H,33,35)(H,34,36). The minimum absolute atomic E-state index is 0.199. The maximum absolute atomic E-state index is 14.4. The van der Waals surface area contributed by atoms with Crippen LogP contribution in [-0.4, -0.2) is 35.5 Å². The summed E-state index contributed by atoms with van der Waals surface area (Å²) in [6.07, 6.45) is 0. The highest BCUT2D eigenvalue weighted by Crippen LogP contribution is 2.53. The van der Waals surface area contributed by atoms with Gasteiger partial charge in [0.05, 0.1) is 0 Å². The fourth-order valence-corrected chi connectivity index (χ4v) is 3.31. The summed E-state index contributed by atoms with van der Waals surface area (Å²) in [6, 6.07) is 10.2. The van der Waals surface area contributed by atoms with E-state index in [1.807, 2.05) is 0 Å². The van der Waals surface area contributed by atoms with Crippen molar-refractivity contribution in [3.63, 3.8) is 0 Å². The number of rotatable bonds is 9. The molecule has 2 aromatic rings. The van der Waals surface area contributed by atoms with Crippen LogP contribution in [0.5, 0.6) is 0 Å². The Kier molecular flexibility index (Phi) is 8.12. The molecule has 0 aliphatic heterocycles. The first kappa shape index (κ1) is 29.1. The van der Waals surface area contributed by atoms with Gasteiger partial charge in [-0.3, -0.25) is 9.59 Å². The Labute approximate surface area is 202 Å². The highest BCUT2D eigenvalue weighted by atomic mass is 19.4. The molecule has 12 heteroatoms. The average molecular weight is 524 g/mol. The maximum atomic E-state index is 14.4. The van der Waals surface area contributed by atoms with Gasteiger partial charge in [0.1, 0.15) is 0 Å².